The quantitative estimate of drug-likeness (QED) is 0.642. The lowest BCUT2D eigenvalue weighted by Gasteiger charge is -2.12. The van der Waals surface area contributed by atoms with Crippen LogP contribution < -0.4 is 10.1 Å². The summed E-state index contributed by atoms with van der Waals surface area (Å²) in [5.41, 5.74) is 2.47. The highest BCUT2D eigenvalue weighted by atomic mass is 35.5. The SMILES string of the molecule is COc1ccc(Cl)cc1NC(=O)Cn1c(-c2cccc(C)c2)n[nH]c1=S. The number of aromatic amines is 1. The maximum absolute atomic E-state index is 12.5. The molecular formula is C18H17ClN4O2S. The lowest BCUT2D eigenvalue weighted by atomic mass is 10.1. The highest BCUT2D eigenvalue weighted by Gasteiger charge is 2.14. The number of carbonyl (C=O) groups excluding carboxylic acids is 1. The molecule has 0 saturated carbocycles. The van der Waals surface area contributed by atoms with Crippen LogP contribution in [0.25, 0.3) is 11.4 Å². The van der Waals surface area contributed by atoms with Crippen molar-refractivity contribution in [1.82, 2.24) is 14.8 Å². The molecule has 0 aliphatic carbocycles. The molecule has 0 spiro atoms. The average Bonchev–Trinajstić information content (AvgIpc) is 2.96. The summed E-state index contributed by atoms with van der Waals surface area (Å²) in [6.45, 7) is 2.00. The maximum Gasteiger partial charge on any atom is 0.244 e. The highest BCUT2D eigenvalue weighted by Crippen LogP contribution is 2.27. The van der Waals surface area contributed by atoms with Crippen molar-refractivity contribution >= 4 is 35.4 Å². The van der Waals surface area contributed by atoms with E-state index >= 15 is 0 Å². The van der Waals surface area contributed by atoms with Gasteiger partial charge in [-0.25, -0.2) is 0 Å². The largest absolute Gasteiger partial charge is 0.495 e. The van der Waals surface area contributed by atoms with Gasteiger partial charge in [-0.05, 0) is 43.4 Å². The summed E-state index contributed by atoms with van der Waals surface area (Å²) in [7, 11) is 1.53. The zero-order chi connectivity index (χ0) is 18.7. The Labute approximate surface area is 160 Å². The Balaban J connectivity index is 1.86. The van der Waals surface area contributed by atoms with Crippen molar-refractivity contribution in [2.24, 2.45) is 0 Å². The number of aromatic nitrogens is 3. The molecule has 1 aromatic heterocycles. The number of methoxy groups -OCH3 is 1. The van der Waals surface area contributed by atoms with Crippen LogP contribution in [-0.4, -0.2) is 27.8 Å². The zero-order valence-electron chi connectivity index (χ0n) is 14.2. The van der Waals surface area contributed by atoms with E-state index in [-0.39, 0.29) is 12.5 Å². The summed E-state index contributed by atoms with van der Waals surface area (Å²) in [5.74, 6) is 0.862. The molecule has 134 valence electrons. The minimum Gasteiger partial charge on any atom is -0.495 e. The van der Waals surface area contributed by atoms with Crippen LogP contribution in [0.2, 0.25) is 5.02 Å². The zero-order valence-corrected chi connectivity index (χ0v) is 15.8. The van der Waals surface area contributed by atoms with Gasteiger partial charge in [0.15, 0.2) is 10.6 Å². The molecule has 3 aromatic rings. The van der Waals surface area contributed by atoms with Gasteiger partial charge in [-0.15, -0.1) is 0 Å². The molecule has 0 atom stereocenters. The smallest absolute Gasteiger partial charge is 0.244 e. The van der Waals surface area contributed by atoms with Gasteiger partial charge in [0, 0.05) is 10.6 Å². The van der Waals surface area contributed by atoms with Gasteiger partial charge in [0.2, 0.25) is 5.91 Å². The van der Waals surface area contributed by atoms with Crippen molar-refractivity contribution in [2.75, 3.05) is 12.4 Å². The molecular weight excluding hydrogens is 372 g/mol. The van der Waals surface area contributed by atoms with E-state index in [1.54, 1.807) is 22.8 Å². The molecule has 3 rings (SSSR count). The lowest BCUT2D eigenvalue weighted by Crippen LogP contribution is -2.20. The number of hydrogen-bond acceptors (Lipinski definition) is 4. The first kappa shape index (κ1) is 18.2. The van der Waals surface area contributed by atoms with Gasteiger partial charge < -0.3 is 10.1 Å². The first-order valence-electron chi connectivity index (χ1n) is 7.83. The summed E-state index contributed by atoms with van der Waals surface area (Å²) < 4.78 is 7.27. The van der Waals surface area contributed by atoms with Crippen LogP contribution in [0.3, 0.4) is 0 Å². The van der Waals surface area contributed by atoms with Crippen molar-refractivity contribution in [3.8, 4) is 17.1 Å². The Kier molecular flexibility index (Phi) is 5.39. The minimum absolute atomic E-state index is 0.00821. The second kappa shape index (κ2) is 7.72. The Morgan fingerprint density at radius 3 is 2.88 bits per heavy atom. The first-order chi connectivity index (χ1) is 12.5. The fourth-order valence-corrected chi connectivity index (χ4v) is 2.95. The molecule has 1 amide bonds. The molecule has 2 N–H and O–H groups in total. The average molecular weight is 389 g/mol. The van der Waals surface area contributed by atoms with E-state index in [2.05, 4.69) is 15.5 Å². The molecule has 1 heterocycles. The maximum atomic E-state index is 12.5. The molecule has 26 heavy (non-hydrogen) atoms. The van der Waals surface area contributed by atoms with Gasteiger partial charge in [-0.2, -0.15) is 5.10 Å². The molecule has 0 bridgehead atoms. The number of nitrogens with one attached hydrogen (secondary N) is 2. The van der Waals surface area contributed by atoms with E-state index in [0.717, 1.165) is 11.1 Å². The molecule has 0 fully saturated rings. The van der Waals surface area contributed by atoms with Gasteiger partial charge in [-0.1, -0.05) is 35.4 Å². The van der Waals surface area contributed by atoms with E-state index < -0.39 is 0 Å². The number of halogens is 1. The van der Waals surface area contributed by atoms with Crippen LogP contribution in [-0.2, 0) is 11.3 Å². The van der Waals surface area contributed by atoms with Crippen molar-refractivity contribution in [3.05, 3.63) is 57.8 Å². The fraction of sp³-hybridized carbons (Fsp3) is 0.167. The standard InChI is InChI=1S/C18H17ClN4O2S/c1-11-4-3-5-12(8-11)17-21-22-18(26)23(17)10-16(24)20-14-9-13(19)6-7-15(14)25-2/h3-9H,10H2,1-2H3,(H,20,24)(H,22,26). The predicted molar refractivity (Wildman–Crippen MR) is 104 cm³/mol. The monoisotopic (exact) mass is 388 g/mol. The molecule has 6 nitrogen and oxygen atoms in total. The number of carbonyl (C=O) groups is 1. The van der Waals surface area contributed by atoms with Gasteiger partial charge in [0.25, 0.3) is 0 Å². The van der Waals surface area contributed by atoms with E-state index in [1.807, 2.05) is 31.2 Å². The number of aryl methyl sites for hydroxylation is 1. The second-order valence-electron chi connectivity index (χ2n) is 5.70. The molecule has 2 aromatic carbocycles. The minimum atomic E-state index is -0.267. The van der Waals surface area contributed by atoms with Crippen LogP contribution in [0.15, 0.2) is 42.5 Å². The number of nitrogens with zero attached hydrogens (tertiary/aromatic N) is 2. The van der Waals surface area contributed by atoms with Crippen LogP contribution >= 0.6 is 23.8 Å². The topological polar surface area (TPSA) is 71.9 Å². The summed E-state index contributed by atoms with van der Waals surface area (Å²) in [6, 6.07) is 12.9. The van der Waals surface area contributed by atoms with Gasteiger partial charge >= 0.3 is 0 Å². The number of ether oxygens (including phenoxy) is 1. The number of amides is 1. The van der Waals surface area contributed by atoms with Crippen LogP contribution in [0, 0.1) is 11.7 Å². The molecule has 0 saturated heterocycles. The Hall–Kier alpha value is -2.64. The van der Waals surface area contributed by atoms with E-state index in [1.165, 1.54) is 7.11 Å². The van der Waals surface area contributed by atoms with Crippen molar-refractivity contribution in [3.63, 3.8) is 0 Å². The van der Waals surface area contributed by atoms with Crippen LogP contribution in [0.1, 0.15) is 5.56 Å². The summed E-state index contributed by atoms with van der Waals surface area (Å²) in [4.78, 5) is 12.5. The predicted octanol–water partition coefficient (Wildman–Crippen LogP) is 4.22. The summed E-state index contributed by atoms with van der Waals surface area (Å²) in [5, 5.41) is 10.3. The van der Waals surface area contributed by atoms with E-state index in [4.69, 9.17) is 28.6 Å². The van der Waals surface area contributed by atoms with Crippen molar-refractivity contribution < 1.29 is 9.53 Å². The number of rotatable bonds is 5. The van der Waals surface area contributed by atoms with E-state index in [0.29, 0.717) is 27.1 Å². The van der Waals surface area contributed by atoms with Gasteiger partial charge in [0.05, 0.1) is 12.8 Å². The Morgan fingerprint density at radius 2 is 2.15 bits per heavy atom. The third kappa shape index (κ3) is 3.95. The van der Waals surface area contributed by atoms with Crippen LogP contribution in [0.4, 0.5) is 5.69 Å². The number of anilines is 1. The Morgan fingerprint density at radius 1 is 1.35 bits per heavy atom. The van der Waals surface area contributed by atoms with Gasteiger partial charge in [-0.3, -0.25) is 14.5 Å². The summed E-state index contributed by atoms with van der Waals surface area (Å²) >= 11 is 11.3. The molecule has 0 aliphatic heterocycles. The number of H-pyrrole nitrogens is 1. The first-order valence-corrected chi connectivity index (χ1v) is 8.62. The second-order valence-corrected chi connectivity index (χ2v) is 6.52. The molecule has 0 aliphatic rings. The van der Waals surface area contributed by atoms with Gasteiger partial charge in [0.1, 0.15) is 12.3 Å². The van der Waals surface area contributed by atoms with Crippen molar-refractivity contribution in [1.29, 1.82) is 0 Å². The molecule has 8 heteroatoms. The third-order valence-corrected chi connectivity index (χ3v) is 4.32. The van der Waals surface area contributed by atoms with E-state index in [9.17, 15) is 4.79 Å². The number of hydrogen-bond donors (Lipinski definition) is 2. The van der Waals surface area contributed by atoms with Crippen LogP contribution in [0.5, 0.6) is 5.75 Å². The normalized spacial score (nSPS) is 10.6. The Bertz CT molecular complexity index is 1010. The number of benzene rings is 2. The van der Waals surface area contributed by atoms with Crippen molar-refractivity contribution in [2.45, 2.75) is 13.5 Å². The molecule has 0 unspecified atom stereocenters. The summed E-state index contributed by atoms with van der Waals surface area (Å²) in [6.07, 6.45) is 0. The molecule has 0 radical (unpaired) electrons. The highest BCUT2D eigenvalue weighted by molar-refractivity contribution is 7.71. The fourth-order valence-electron chi connectivity index (χ4n) is 2.58. The lowest BCUT2D eigenvalue weighted by molar-refractivity contribution is -0.116. The third-order valence-electron chi connectivity index (χ3n) is 3.77.